The fourth-order valence-corrected chi connectivity index (χ4v) is 3.69. The molecule has 0 aliphatic carbocycles. The van der Waals surface area contributed by atoms with Crippen molar-refractivity contribution in [2.24, 2.45) is 0 Å². The van der Waals surface area contributed by atoms with Gasteiger partial charge in [0.2, 0.25) is 0 Å². The third-order valence-electron chi connectivity index (χ3n) is 5.06. The Morgan fingerprint density at radius 1 is 1.10 bits per heavy atom. The summed E-state index contributed by atoms with van der Waals surface area (Å²) in [5, 5.41) is 8.14. The Bertz CT molecular complexity index is 1080. The van der Waals surface area contributed by atoms with Crippen LogP contribution in [-0.2, 0) is 4.74 Å². The zero-order valence-corrected chi connectivity index (χ0v) is 18.2. The number of aromatic nitrogens is 2. The van der Waals surface area contributed by atoms with Crippen LogP contribution in [0.1, 0.15) is 10.5 Å². The zero-order chi connectivity index (χ0) is 21.8. The van der Waals surface area contributed by atoms with Crippen molar-refractivity contribution in [3.8, 4) is 16.9 Å². The normalized spacial score (nSPS) is 14.5. The quantitative estimate of drug-likeness (QED) is 0.600. The molecule has 1 N–H and O–H groups in total. The molecular weight excluding hydrogens is 442 g/mol. The first kappa shape index (κ1) is 21.8. The molecule has 3 aromatic rings. The van der Waals surface area contributed by atoms with E-state index < -0.39 is 5.82 Å². The number of rotatable bonds is 6. The Balaban J connectivity index is 1.61. The molecule has 0 unspecified atom stereocenters. The van der Waals surface area contributed by atoms with E-state index in [1.54, 1.807) is 42.5 Å². The topological polar surface area (TPSA) is 59.4 Å². The number of benzene rings is 2. The Labute approximate surface area is 189 Å². The Hall–Kier alpha value is -2.45. The number of nitrogens with zero attached hydrogens (tertiary/aromatic N) is 3. The van der Waals surface area contributed by atoms with Crippen molar-refractivity contribution < 1.29 is 13.9 Å². The van der Waals surface area contributed by atoms with E-state index in [-0.39, 0.29) is 11.6 Å². The molecule has 1 aliphatic heterocycles. The maximum absolute atomic E-state index is 14.3. The van der Waals surface area contributed by atoms with Crippen LogP contribution >= 0.6 is 23.2 Å². The Morgan fingerprint density at radius 2 is 1.87 bits per heavy atom. The summed E-state index contributed by atoms with van der Waals surface area (Å²) >= 11 is 12.2. The first-order chi connectivity index (χ1) is 15.0. The maximum atomic E-state index is 14.3. The van der Waals surface area contributed by atoms with Gasteiger partial charge in [0.05, 0.1) is 34.6 Å². The third-order valence-corrected chi connectivity index (χ3v) is 5.80. The molecule has 6 nitrogen and oxygen atoms in total. The van der Waals surface area contributed by atoms with E-state index in [0.29, 0.717) is 46.7 Å². The second kappa shape index (κ2) is 9.78. The number of carbonyl (C=O) groups is 1. The number of nitrogens with one attached hydrogen (secondary N) is 1. The second-order valence-electron chi connectivity index (χ2n) is 7.11. The minimum absolute atomic E-state index is 0.276. The second-order valence-corrected chi connectivity index (χ2v) is 7.93. The number of ether oxygens (including phenoxy) is 1. The molecule has 1 aliphatic rings. The first-order valence-corrected chi connectivity index (χ1v) is 10.7. The molecule has 0 spiro atoms. The molecule has 0 bridgehead atoms. The van der Waals surface area contributed by atoms with Crippen LogP contribution in [0.4, 0.5) is 4.39 Å². The number of hydrogen-bond acceptors (Lipinski definition) is 4. The largest absolute Gasteiger partial charge is 0.379 e. The van der Waals surface area contributed by atoms with Crippen molar-refractivity contribution in [2.45, 2.75) is 0 Å². The van der Waals surface area contributed by atoms with Gasteiger partial charge in [0.15, 0.2) is 0 Å². The lowest BCUT2D eigenvalue weighted by Gasteiger charge is -2.26. The van der Waals surface area contributed by atoms with Gasteiger partial charge in [-0.05, 0) is 36.4 Å². The molecule has 2 heterocycles. The van der Waals surface area contributed by atoms with Crippen LogP contribution in [0.5, 0.6) is 0 Å². The zero-order valence-electron chi connectivity index (χ0n) is 16.7. The van der Waals surface area contributed by atoms with Gasteiger partial charge in [-0.2, -0.15) is 5.10 Å². The molecular formula is C22H21Cl2FN4O2. The molecule has 1 saturated heterocycles. The highest BCUT2D eigenvalue weighted by atomic mass is 35.5. The SMILES string of the molecule is O=C(NCCN1CCOCC1)c1cc(-c2ccccc2F)nn1-c1ccc(Cl)c(Cl)c1. The lowest BCUT2D eigenvalue weighted by atomic mass is 10.1. The highest BCUT2D eigenvalue weighted by Gasteiger charge is 2.20. The van der Waals surface area contributed by atoms with E-state index in [0.717, 1.165) is 19.6 Å². The molecule has 2 aromatic carbocycles. The standard InChI is InChI=1S/C22H21Cl2FN4O2/c23-17-6-5-15(13-18(17)24)29-21(14-20(27-29)16-3-1-2-4-19(16)25)22(30)26-7-8-28-9-11-31-12-10-28/h1-6,13-14H,7-12H2,(H,26,30). The van der Waals surface area contributed by atoms with E-state index in [2.05, 4.69) is 15.3 Å². The number of amides is 1. The highest BCUT2D eigenvalue weighted by Crippen LogP contribution is 2.28. The number of halogens is 3. The van der Waals surface area contributed by atoms with E-state index in [4.69, 9.17) is 27.9 Å². The van der Waals surface area contributed by atoms with Crippen LogP contribution in [0.2, 0.25) is 10.0 Å². The monoisotopic (exact) mass is 462 g/mol. The predicted octanol–water partition coefficient (Wildman–Crippen LogP) is 4.05. The van der Waals surface area contributed by atoms with Gasteiger partial charge in [-0.1, -0.05) is 35.3 Å². The fourth-order valence-electron chi connectivity index (χ4n) is 3.40. The van der Waals surface area contributed by atoms with E-state index in [9.17, 15) is 9.18 Å². The van der Waals surface area contributed by atoms with Crippen molar-refractivity contribution in [1.82, 2.24) is 20.0 Å². The molecule has 0 atom stereocenters. The van der Waals surface area contributed by atoms with Crippen LogP contribution in [0, 0.1) is 5.82 Å². The number of carbonyl (C=O) groups excluding carboxylic acids is 1. The smallest absolute Gasteiger partial charge is 0.270 e. The summed E-state index contributed by atoms with van der Waals surface area (Å²) in [5.41, 5.74) is 1.49. The van der Waals surface area contributed by atoms with Gasteiger partial charge < -0.3 is 10.1 Å². The van der Waals surface area contributed by atoms with Gasteiger partial charge in [0.25, 0.3) is 5.91 Å². The molecule has 1 fully saturated rings. The highest BCUT2D eigenvalue weighted by molar-refractivity contribution is 6.42. The summed E-state index contributed by atoms with van der Waals surface area (Å²) < 4.78 is 21.1. The number of hydrogen-bond donors (Lipinski definition) is 1. The van der Waals surface area contributed by atoms with Crippen LogP contribution in [0.3, 0.4) is 0 Å². The fraction of sp³-hybridized carbons (Fsp3) is 0.273. The summed E-state index contributed by atoms with van der Waals surface area (Å²) in [6.45, 7) is 4.27. The molecule has 31 heavy (non-hydrogen) atoms. The van der Waals surface area contributed by atoms with E-state index >= 15 is 0 Å². The van der Waals surface area contributed by atoms with Gasteiger partial charge >= 0.3 is 0 Å². The molecule has 4 rings (SSSR count). The van der Waals surface area contributed by atoms with Crippen molar-refractivity contribution in [3.05, 3.63) is 70.1 Å². The van der Waals surface area contributed by atoms with Crippen LogP contribution in [0.25, 0.3) is 16.9 Å². The summed E-state index contributed by atoms with van der Waals surface area (Å²) in [6, 6.07) is 12.8. The van der Waals surface area contributed by atoms with Gasteiger partial charge in [0, 0.05) is 31.7 Å². The third kappa shape index (κ3) is 5.07. The van der Waals surface area contributed by atoms with Crippen molar-refractivity contribution in [3.63, 3.8) is 0 Å². The molecule has 0 saturated carbocycles. The van der Waals surface area contributed by atoms with Crippen molar-refractivity contribution in [2.75, 3.05) is 39.4 Å². The minimum atomic E-state index is -0.416. The maximum Gasteiger partial charge on any atom is 0.270 e. The molecule has 0 radical (unpaired) electrons. The van der Waals surface area contributed by atoms with Crippen LogP contribution in [0.15, 0.2) is 48.5 Å². The summed E-state index contributed by atoms with van der Waals surface area (Å²) in [5.74, 6) is -0.727. The summed E-state index contributed by atoms with van der Waals surface area (Å²) in [7, 11) is 0. The molecule has 1 amide bonds. The van der Waals surface area contributed by atoms with Gasteiger partial charge in [0.1, 0.15) is 11.5 Å². The molecule has 162 valence electrons. The first-order valence-electron chi connectivity index (χ1n) is 9.91. The van der Waals surface area contributed by atoms with Gasteiger partial charge in [-0.3, -0.25) is 9.69 Å². The summed E-state index contributed by atoms with van der Waals surface area (Å²) in [4.78, 5) is 15.2. The van der Waals surface area contributed by atoms with E-state index in [1.165, 1.54) is 10.7 Å². The van der Waals surface area contributed by atoms with Crippen LogP contribution in [-0.4, -0.2) is 60.0 Å². The van der Waals surface area contributed by atoms with Gasteiger partial charge in [-0.15, -0.1) is 0 Å². The number of morpholine rings is 1. The average molecular weight is 463 g/mol. The van der Waals surface area contributed by atoms with Gasteiger partial charge in [-0.25, -0.2) is 9.07 Å². The Morgan fingerprint density at radius 3 is 2.61 bits per heavy atom. The van der Waals surface area contributed by atoms with Crippen molar-refractivity contribution >= 4 is 29.1 Å². The average Bonchev–Trinajstić information content (AvgIpc) is 3.22. The minimum Gasteiger partial charge on any atom is -0.379 e. The van der Waals surface area contributed by atoms with E-state index in [1.807, 2.05) is 0 Å². The summed E-state index contributed by atoms with van der Waals surface area (Å²) in [6.07, 6.45) is 0. The lowest BCUT2D eigenvalue weighted by Crippen LogP contribution is -2.41. The predicted molar refractivity (Wildman–Crippen MR) is 119 cm³/mol. The molecule has 1 aromatic heterocycles. The lowest BCUT2D eigenvalue weighted by molar-refractivity contribution is 0.0383. The molecule has 9 heteroatoms. The Kier molecular flexibility index (Phi) is 6.87. The van der Waals surface area contributed by atoms with Crippen LogP contribution < -0.4 is 5.32 Å². The van der Waals surface area contributed by atoms with Crippen molar-refractivity contribution in [1.29, 1.82) is 0 Å².